The fourth-order valence-corrected chi connectivity index (χ4v) is 5.59. The lowest BCUT2D eigenvalue weighted by Crippen LogP contribution is -2.41. The zero-order chi connectivity index (χ0) is 18.5. The van der Waals surface area contributed by atoms with Gasteiger partial charge in [-0.2, -0.15) is 0 Å². The molecule has 3 rings (SSSR count). The maximum absolute atomic E-state index is 12.7. The van der Waals surface area contributed by atoms with Crippen LogP contribution in [0.2, 0.25) is 0 Å². The van der Waals surface area contributed by atoms with Crippen LogP contribution in [0.1, 0.15) is 73.2 Å². The Morgan fingerprint density at radius 1 is 1.27 bits per heavy atom. The summed E-state index contributed by atoms with van der Waals surface area (Å²) in [6, 6.07) is 0. The van der Waals surface area contributed by atoms with Gasteiger partial charge in [0.15, 0.2) is 5.11 Å². The fourth-order valence-electron chi connectivity index (χ4n) is 3.98. The summed E-state index contributed by atoms with van der Waals surface area (Å²) in [5.74, 6) is 0.458. The maximum Gasteiger partial charge on any atom is 0.341 e. The first kappa shape index (κ1) is 19.6. The van der Waals surface area contributed by atoms with Gasteiger partial charge in [0, 0.05) is 18.0 Å². The van der Waals surface area contributed by atoms with E-state index in [1.807, 2.05) is 6.92 Å². The molecule has 1 saturated heterocycles. The second kappa shape index (κ2) is 9.18. The largest absolute Gasteiger partial charge is 0.462 e. The summed E-state index contributed by atoms with van der Waals surface area (Å²) < 4.78 is 5.38. The minimum absolute atomic E-state index is 0.206. The molecule has 2 heterocycles. The average Bonchev–Trinajstić information content (AvgIpc) is 2.91. The van der Waals surface area contributed by atoms with Gasteiger partial charge in [-0.25, -0.2) is 4.79 Å². The van der Waals surface area contributed by atoms with Crippen LogP contribution in [0.3, 0.4) is 0 Å². The number of likely N-dealkylation sites (tertiary alicyclic amines) is 1. The third-order valence-electron chi connectivity index (χ3n) is 5.32. The van der Waals surface area contributed by atoms with Gasteiger partial charge in [-0.3, -0.25) is 0 Å². The molecule has 0 unspecified atom stereocenters. The first-order chi connectivity index (χ1) is 12.6. The number of carbonyl (C=O) groups is 1. The van der Waals surface area contributed by atoms with Crippen molar-refractivity contribution in [2.75, 3.05) is 25.0 Å². The number of ether oxygens (including phenoxy) is 1. The molecule has 6 heteroatoms. The van der Waals surface area contributed by atoms with Crippen molar-refractivity contribution >= 4 is 39.6 Å². The third-order valence-corrected chi connectivity index (χ3v) is 6.88. The zero-order valence-electron chi connectivity index (χ0n) is 15.9. The van der Waals surface area contributed by atoms with Crippen molar-refractivity contribution < 1.29 is 9.53 Å². The first-order valence-corrected chi connectivity index (χ1v) is 11.2. The number of nitrogens with zero attached hydrogens (tertiary/aromatic N) is 1. The van der Waals surface area contributed by atoms with E-state index in [0.29, 0.717) is 12.5 Å². The number of piperidine rings is 1. The summed E-state index contributed by atoms with van der Waals surface area (Å²) in [6.07, 6.45) is 9.32. The number of carbonyl (C=O) groups excluding carboxylic acids is 1. The number of hydrogen-bond donors (Lipinski definition) is 1. The molecule has 144 valence electrons. The topological polar surface area (TPSA) is 41.6 Å². The number of anilines is 1. The zero-order valence-corrected chi connectivity index (χ0v) is 17.6. The summed E-state index contributed by atoms with van der Waals surface area (Å²) in [7, 11) is 0. The second-order valence-corrected chi connectivity index (χ2v) is 8.96. The van der Waals surface area contributed by atoms with E-state index in [0.717, 1.165) is 48.0 Å². The van der Waals surface area contributed by atoms with E-state index in [4.69, 9.17) is 17.0 Å². The molecule has 1 aromatic rings. The Hall–Kier alpha value is -1.14. The minimum Gasteiger partial charge on any atom is -0.462 e. The van der Waals surface area contributed by atoms with Crippen molar-refractivity contribution in [3.05, 3.63) is 16.0 Å². The summed E-state index contributed by atoms with van der Waals surface area (Å²) >= 11 is 7.39. The molecular formula is C20H30N2O2S2. The Morgan fingerprint density at radius 3 is 2.77 bits per heavy atom. The van der Waals surface area contributed by atoms with E-state index < -0.39 is 0 Å². The average molecular weight is 395 g/mol. The molecule has 0 radical (unpaired) electrons. The van der Waals surface area contributed by atoms with E-state index in [-0.39, 0.29) is 5.97 Å². The van der Waals surface area contributed by atoms with Crippen LogP contribution >= 0.6 is 23.6 Å². The van der Waals surface area contributed by atoms with Gasteiger partial charge in [0.25, 0.3) is 0 Å². The fraction of sp³-hybridized carbons (Fsp3) is 0.700. The number of hydrogen-bond acceptors (Lipinski definition) is 4. The molecular weight excluding hydrogens is 364 g/mol. The van der Waals surface area contributed by atoms with E-state index in [1.165, 1.54) is 42.5 Å². The molecule has 0 spiro atoms. The van der Waals surface area contributed by atoms with Gasteiger partial charge in [-0.05, 0) is 69.1 Å². The SMILES string of the molecule is CCOC(=O)c1c(NC(=S)N2CCC[C@@H](C)C2)sc2c1CCCCCC2. The van der Waals surface area contributed by atoms with E-state index in [2.05, 4.69) is 17.1 Å². The number of aryl methyl sites for hydroxylation is 1. The van der Waals surface area contributed by atoms with Crippen molar-refractivity contribution in [3.63, 3.8) is 0 Å². The van der Waals surface area contributed by atoms with Gasteiger partial charge in [0.05, 0.1) is 12.2 Å². The number of thiocarbonyl (C=S) groups is 1. The van der Waals surface area contributed by atoms with Crippen LogP contribution in [-0.2, 0) is 17.6 Å². The molecule has 1 aliphatic carbocycles. The van der Waals surface area contributed by atoms with E-state index >= 15 is 0 Å². The molecule has 2 aliphatic rings. The molecule has 1 aliphatic heterocycles. The van der Waals surface area contributed by atoms with Crippen molar-refractivity contribution in [1.82, 2.24) is 4.90 Å². The number of nitrogens with one attached hydrogen (secondary N) is 1. The summed E-state index contributed by atoms with van der Waals surface area (Å²) in [5.41, 5.74) is 1.94. The van der Waals surface area contributed by atoms with Crippen LogP contribution in [0.4, 0.5) is 5.00 Å². The van der Waals surface area contributed by atoms with E-state index in [9.17, 15) is 4.79 Å². The highest BCUT2D eigenvalue weighted by molar-refractivity contribution is 7.80. The van der Waals surface area contributed by atoms with Crippen LogP contribution in [-0.4, -0.2) is 35.7 Å². The minimum atomic E-state index is -0.206. The Morgan fingerprint density at radius 2 is 2.04 bits per heavy atom. The van der Waals surface area contributed by atoms with E-state index in [1.54, 1.807) is 11.3 Å². The number of thiophene rings is 1. The number of rotatable bonds is 3. The molecule has 1 fully saturated rings. The Balaban J connectivity index is 1.85. The maximum atomic E-state index is 12.7. The molecule has 1 atom stereocenters. The highest BCUT2D eigenvalue weighted by Gasteiger charge is 2.27. The molecule has 0 bridgehead atoms. The molecule has 1 N–H and O–H groups in total. The highest BCUT2D eigenvalue weighted by Crippen LogP contribution is 2.38. The standard InChI is InChI=1S/C20H30N2O2S2/c1-3-24-19(23)17-15-10-6-4-5-7-11-16(15)26-18(17)21-20(25)22-12-8-9-14(2)13-22/h14H,3-13H2,1-2H3,(H,21,25)/t14-/m1/s1. The molecule has 4 nitrogen and oxygen atoms in total. The number of esters is 1. The number of fused-ring (bicyclic) bond motifs is 1. The van der Waals surface area contributed by atoms with Crippen molar-refractivity contribution in [1.29, 1.82) is 0 Å². The second-order valence-electron chi connectivity index (χ2n) is 7.47. The van der Waals surface area contributed by atoms with Gasteiger partial charge >= 0.3 is 5.97 Å². The highest BCUT2D eigenvalue weighted by atomic mass is 32.1. The normalized spacial score (nSPS) is 20.7. The van der Waals surface area contributed by atoms with Gasteiger partial charge < -0.3 is 15.0 Å². The van der Waals surface area contributed by atoms with Gasteiger partial charge in [0.1, 0.15) is 5.00 Å². The Kier molecular flexibility index (Phi) is 6.92. The Bertz CT molecular complexity index is 656. The van der Waals surface area contributed by atoms with Crippen LogP contribution in [0.15, 0.2) is 0 Å². The van der Waals surface area contributed by atoms with Crippen LogP contribution in [0.5, 0.6) is 0 Å². The predicted molar refractivity (Wildman–Crippen MR) is 112 cm³/mol. The summed E-state index contributed by atoms with van der Waals surface area (Å²) in [5, 5.41) is 5.05. The molecule has 0 amide bonds. The lowest BCUT2D eigenvalue weighted by Gasteiger charge is -2.33. The quantitative estimate of drug-likeness (QED) is 0.576. The van der Waals surface area contributed by atoms with Crippen molar-refractivity contribution in [2.45, 2.75) is 65.2 Å². The van der Waals surface area contributed by atoms with Crippen LogP contribution in [0, 0.1) is 5.92 Å². The third kappa shape index (κ3) is 4.58. The monoisotopic (exact) mass is 394 g/mol. The lowest BCUT2D eigenvalue weighted by molar-refractivity contribution is 0.0526. The first-order valence-electron chi connectivity index (χ1n) is 9.97. The summed E-state index contributed by atoms with van der Waals surface area (Å²) in [6.45, 7) is 6.52. The molecule has 1 aromatic heterocycles. The van der Waals surface area contributed by atoms with Crippen LogP contribution in [0.25, 0.3) is 0 Å². The molecule has 0 saturated carbocycles. The smallest absolute Gasteiger partial charge is 0.341 e. The van der Waals surface area contributed by atoms with Crippen molar-refractivity contribution in [3.8, 4) is 0 Å². The lowest BCUT2D eigenvalue weighted by atomic mass is 9.96. The Labute approximate surface area is 166 Å². The summed E-state index contributed by atoms with van der Waals surface area (Å²) in [4.78, 5) is 16.3. The van der Waals surface area contributed by atoms with Gasteiger partial charge in [-0.15, -0.1) is 11.3 Å². The molecule has 26 heavy (non-hydrogen) atoms. The van der Waals surface area contributed by atoms with Crippen LogP contribution < -0.4 is 5.32 Å². The van der Waals surface area contributed by atoms with Gasteiger partial charge in [-0.1, -0.05) is 19.8 Å². The predicted octanol–water partition coefficient (Wildman–Crippen LogP) is 5.01. The van der Waals surface area contributed by atoms with Crippen molar-refractivity contribution in [2.24, 2.45) is 5.92 Å². The van der Waals surface area contributed by atoms with Gasteiger partial charge in [0.2, 0.25) is 0 Å². The molecule has 0 aromatic carbocycles.